The van der Waals surface area contributed by atoms with E-state index in [0.29, 0.717) is 16.5 Å². The lowest BCUT2D eigenvalue weighted by Gasteiger charge is -2.13. The predicted octanol–water partition coefficient (Wildman–Crippen LogP) is 3.35. The van der Waals surface area contributed by atoms with Gasteiger partial charge in [0, 0.05) is 16.8 Å². The molecule has 2 N–H and O–H groups in total. The van der Waals surface area contributed by atoms with Crippen LogP contribution in [-0.2, 0) is 6.42 Å². The van der Waals surface area contributed by atoms with Crippen LogP contribution in [0.15, 0.2) is 12.1 Å². The Labute approximate surface area is 106 Å². The molecule has 0 spiro atoms. The normalized spacial score (nSPS) is 10.8. The zero-order valence-corrected chi connectivity index (χ0v) is 10.9. The van der Waals surface area contributed by atoms with Crippen LogP contribution >= 0.6 is 11.6 Å². The molecule has 0 amide bonds. The highest BCUT2D eigenvalue weighted by Crippen LogP contribution is 2.36. The average Bonchev–Trinajstić information content (AvgIpc) is 2.33. The number of ether oxygens (including phenoxy) is 1. The number of hydrogen-bond donors (Lipinski definition) is 1. The first-order valence-electron chi connectivity index (χ1n) is 5.51. The first kappa shape index (κ1) is 12.0. The van der Waals surface area contributed by atoms with E-state index in [4.69, 9.17) is 22.1 Å². The molecule has 0 fully saturated rings. The second kappa shape index (κ2) is 4.41. The predicted molar refractivity (Wildman–Crippen MR) is 71.8 cm³/mol. The van der Waals surface area contributed by atoms with Gasteiger partial charge in [-0.1, -0.05) is 18.5 Å². The molecular weight excluding hydrogens is 236 g/mol. The lowest BCUT2D eigenvalue weighted by atomic mass is 10.1. The van der Waals surface area contributed by atoms with Crippen molar-refractivity contribution in [1.82, 2.24) is 4.98 Å². The number of hydrogen-bond acceptors (Lipinski definition) is 3. The lowest BCUT2D eigenvalue weighted by molar-refractivity contribution is 0.419. The Bertz CT molecular complexity index is 581. The van der Waals surface area contributed by atoms with E-state index < -0.39 is 0 Å². The van der Waals surface area contributed by atoms with Gasteiger partial charge in [-0.3, -0.25) is 0 Å². The van der Waals surface area contributed by atoms with Crippen molar-refractivity contribution in [2.24, 2.45) is 0 Å². The van der Waals surface area contributed by atoms with Crippen LogP contribution in [0.1, 0.15) is 18.2 Å². The fourth-order valence-corrected chi connectivity index (χ4v) is 2.24. The summed E-state index contributed by atoms with van der Waals surface area (Å²) in [4.78, 5) is 4.60. The van der Waals surface area contributed by atoms with Crippen molar-refractivity contribution in [3.8, 4) is 5.75 Å². The molecule has 0 unspecified atom stereocenters. The Morgan fingerprint density at radius 3 is 2.71 bits per heavy atom. The highest BCUT2D eigenvalue weighted by Gasteiger charge is 2.14. The summed E-state index contributed by atoms with van der Waals surface area (Å²) >= 11 is 6.18. The van der Waals surface area contributed by atoms with Gasteiger partial charge in [-0.05, 0) is 31.0 Å². The first-order chi connectivity index (χ1) is 8.10. The number of benzene rings is 1. The largest absolute Gasteiger partial charge is 0.494 e. The molecule has 1 heterocycles. The molecule has 0 atom stereocenters. The third-order valence-electron chi connectivity index (χ3n) is 3.00. The van der Waals surface area contributed by atoms with Crippen molar-refractivity contribution in [3.05, 3.63) is 28.4 Å². The van der Waals surface area contributed by atoms with E-state index in [1.54, 1.807) is 13.2 Å². The van der Waals surface area contributed by atoms with Crippen molar-refractivity contribution >= 4 is 28.2 Å². The minimum atomic E-state index is 0.608. The van der Waals surface area contributed by atoms with Gasteiger partial charge in [0.1, 0.15) is 11.3 Å². The highest BCUT2D eigenvalue weighted by atomic mass is 35.5. The monoisotopic (exact) mass is 250 g/mol. The summed E-state index contributed by atoms with van der Waals surface area (Å²) < 4.78 is 5.30. The smallest absolute Gasteiger partial charge is 0.145 e. The Morgan fingerprint density at radius 1 is 1.41 bits per heavy atom. The summed E-state index contributed by atoms with van der Waals surface area (Å²) in [5.74, 6) is 0.700. The van der Waals surface area contributed by atoms with Gasteiger partial charge in [0.05, 0.1) is 12.1 Å². The molecule has 0 aliphatic carbocycles. The number of nitrogen functional groups attached to an aromatic ring is 1. The Morgan fingerprint density at radius 2 is 2.12 bits per heavy atom. The van der Waals surface area contributed by atoms with Gasteiger partial charge in [-0.25, -0.2) is 4.98 Å². The third-order valence-corrected chi connectivity index (χ3v) is 3.31. The summed E-state index contributed by atoms with van der Waals surface area (Å²) in [6, 6.07) is 3.59. The van der Waals surface area contributed by atoms with Crippen LogP contribution in [-0.4, -0.2) is 12.1 Å². The Kier molecular flexibility index (Phi) is 3.11. The molecule has 0 saturated heterocycles. The number of nitrogens with zero attached hydrogens (tertiary/aromatic N) is 1. The van der Waals surface area contributed by atoms with E-state index in [9.17, 15) is 0 Å². The van der Waals surface area contributed by atoms with E-state index in [1.165, 1.54) is 0 Å². The van der Waals surface area contributed by atoms with Crippen molar-refractivity contribution in [3.63, 3.8) is 0 Å². The van der Waals surface area contributed by atoms with Crippen molar-refractivity contribution in [1.29, 1.82) is 0 Å². The van der Waals surface area contributed by atoms with E-state index in [-0.39, 0.29) is 0 Å². The summed E-state index contributed by atoms with van der Waals surface area (Å²) in [6.07, 6.45) is 0.835. The number of halogens is 1. The second-order valence-electron chi connectivity index (χ2n) is 3.92. The summed E-state index contributed by atoms with van der Waals surface area (Å²) in [5.41, 5.74) is 9.54. The highest BCUT2D eigenvalue weighted by molar-refractivity contribution is 6.36. The van der Waals surface area contributed by atoms with Crippen LogP contribution < -0.4 is 10.5 Å². The van der Waals surface area contributed by atoms with Gasteiger partial charge in [0.15, 0.2) is 0 Å². The quantitative estimate of drug-likeness (QED) is 0.889. The van der Waals surface area contributed by atoms with Gasteiger partial charge < -0.3 is 10.5 Å². The fraction of sp³-hybridized carbons (Fsp3) is 0.308. The number of fused-ring (bicyclic) bond motifs is 1. The van der Waals surface area contributed by atoms with Gasteiger partial charge >= 0.3 is 0 Å². The molecule has 1 aromatic carbocycles. The minimum Gasteiger partial charge on any atom is -0.494 e. The molecule has 0 bridgehead atoms. The van der Waals surface area contributed by atoms with E-state index in [2.05, 4.69) is 11.9 Å². The van der Waals surface area contributed by atoms with Crippen molar-refractivity contribution in [2.45, 2.75) is 20.3 Å². The molecule has 0 aliphatic heterocycles. The van der Waals surface area contributed by atoms with Crippen LogP contribution in [0.5, 0.6) is 5.75 Å². The minimum absolute atomic E-state index is 0.608. The fourth-order valence-electron chi connectivity index (χ4n) is 1.99. The molecular formula is C13H15ClN2O. The van der Waals surface area contributed by atoms with Gasteiger partial charge in [0.25, 0.3) is 0 Å². The van der Waals surface area contributed by atoms with Gasteiger partial charge in [-0.15, -0.1) is 0 Å². The average molecular weight is 251 g/mol. The second-order valence-corrected chi connectivity index (χ2v) is 4.33. The van der Waals surface area contributed by atoms with E-state index >= 15 is 0 Å². The number of nitrogens with two attached hydrogens (primary N) is 1. The molecule has 1 aromatic heterocycles. The maximum atomic E-state index is 6.18. The Hall–Kier alpha value is -1.48. The molecule has 0 radical (unpaired) electrons. The van der Waals surface area contributed by atoms with E-state index in [1.807, 2.05) is 13.0 Å². The van der Waals surface area contributed by atoms with Gasteiger partial charge in [-0.2, -0.15) is 0 Å². The molecule has 2 rings (SSSR count). The van der Waals surface area contributed by atoms with Crippen molar-refractivity contribution < 1.29 is 4.74 Å². The molecule has 17 heavy (non-hydrogen) atoms. The molecule has 4 heteroatoms. The maximum absolute atomic E-state index is 6.18. The number of aromatic nitrogens is 1. The SMILES string of the molecule is CCc1nc2c(OC)ccc(Cl)c2c(N)c1C. The standard InChI is InChI=1S/C13H15ClN2O/c1-4-9-7(2)12(15)11-8(14)5-6-10(17-3)13(11)16-9/h5-6H,4H2,1-3H3,(H2,15,16). The molecule has 2 aromatic rings. The summed E-state index contributed by atoms with van der Waals surface area (Å²) in [7, 11) is 1.62. The maximum Gasteiger partial charge on any atom is 0.145 e. The number of pyridine rings is 1. The summed E-state index contributed by atoms with van der Waals surface area (Å²) in [6.45, 7) is 4.02. The zero-order valence-electron chi connectivity index (χ0n) is 10.2. The summed E-state index contributed by atoms with van der Waals surface area (Å²) in [5, 5.41) is 1.39. The molecule has 0 aliphatic rings. The number of anilines is 1. The van der Waals surface area contributed by atoms with Crippen LogP contribution in [0, 0.1) is 6.92 Å². The van der Waals surface area contributed by atoms with Crippen molar-refractivity contribution in [2.75, 3.05) is 12.8 Å². The number of methoxy groups -OCH3 is 1. The first-order valence-corrected chi connectivity index (χ1v) is 5.89. The number of aryl methyl sites for hydroxylation is 1. The van der Waals surface area contributed by atoms with Crippen LogP contribution in [0.4, 0.5) is 5.69 Å². The Balaban J connectivity index is 2.94. The van der Waals surface area contributed by atoms with Crippen LogP contribution in [0.25, 0.3) is 10.9 Å². The van der Waals surface area contributed by atoms with Gasteiger partial charge in [0.2, 0.25) is 0 Å². The lowest BCUT2D eigenvalue weighted by Crippen LogP contribution is -2.01. The zero-order chi connectivity index (χ0) is 12.6. The molecule has 90 valence electrons. The third kappa shape index (κ3) is 1.80. The van der Waals surface area contributed by atoms with E-state index in [0.717, 1.165) is 28.6 Å². The van der Waals surface area contributed by atoms with Crippen LogP contribution in [0.2, 0.25) is 5.02 Å². The number of rotatable bonds is 2. The van der Waals surface area contributed by atoms with Crippen LogP contribution in [0.3, 0.4) is 0 Å². The molecule has 3 nitrogen and oxygen atoms in total. The molecule has 0 saturated carbocycles. The topological polar surface area (TPSA) is 48.1 Å².